The van der Waals surface area contributed by atoms with Crippen LogP contribution in [0.1, 0.15) is 19.9 Å². The first kappa shape index (κ1) is 15.4. The maximum atomic E-state index is 12.0. The monoisotopic (exact) mass is 305 g/mol. The second kappa shape index (κ2) is 6.20. The van der Waals surface area contributed by atoms with Crippen LogP contribution in [-0.4, -0.2) is 25.2 Å². The lowest BCUT2D eigenvalue weighted by atomic mass is 10.4. The average Bonchev–Trinajstić information content (AvgIpc) is 2.89. The van der Waals surface area contributed by atoms with Gasteiger partial charge in [-0.05, 0) is 13.8 Å². The molecule has 0 radical (unpaired) electrons. The van der Waals surface area contributed by atoms with Gasteiger partial charge in [-0.1, -0.05) is 0 Å². The topological polar surface area (TPSA) is 112 Å². The first-order valence-corrected chi connectivity index (χ1v) is 6.56. The molecule has 1 amide bonds. The van der Waals surface area contributed by atoms with Gasteiger partial charge in [-0.25, -0.2) is 4.68 Å². The molecule has 0 aliphatic heterocycles. The molecule has 116 valence electrons. The Morgan fingerprint density at radius 1 is 1.41 bits per heavy atom. The number of hydrogen-bond acceptors (Lipinski definition) is 5. The summed E-state index contributed by atoms with van der Waals surface area (Å²) in [5.41, 5.74) is -0.738. The predicted octanol–water partition coefficient (Wildman–Crippen LogP) is 1.17. The highest BCUT2D eigenvalue weighted by Gasteiger charge is 2.13. The van der Waals surface area contributed by atoms with Gasteiger partial charge in [0, 0.05) is 24.2 Å². The first-order valence-electron chi connectivity index (χ1n) is 6.56. The molecular formula is C13H15N5O4. The van der Waals surface area contributed by atoms with E-state index in [1.165, 1.54) is 0 Å². The van der Waals surface area contributed by atoms with Crippen LogP contribution in [0.5, 0.6) is 0 Å². The van der Waals surface area contributed by atoms with Crippen LogP contribution in [0, 0.1) is 10.1 Å². The molecule has 0 saturated carbocycles. The molecule has 2 heterocycles. The van der Waals surface area contributed by atoms with Gasteiger partial charge in [0.25, 0.3) is 11.2 Å². The van der Waals surface area contributed by atoms with Crippen molar-refractivity contribution in [2.45, 2.75) is 26.4 Å². The zero-order valence-electron chi connectivity index (χ0n) is 12.1. The standard InChI is InChI=1S/C13H15N5O4/c1-9(2)17-11(5-6-14-17)15-12(19)8-16-7-10(18(21)22)3-4-13(16)20/h3-7,9H,8H2,1-2H3,(H,15,19). The second-order valence-corrected chi connectivity index (χ2v) is 4.91. The number of aromatic nitrogens is 3. The molecule has 22 heavy (non-hydrogen) atoms. The summed E-state index contributed by atoms with van der Waals surface area (Å²) in [4.78, 5) is 33.7. The zero-order valence-corrected chi connectivity index (χ0v) is 12.1. The number of pyridine rings is 1. The van der Waals surface area contributed by atoms with E-state index in [-0.39, 0.29) is 18.3 Å². The van der Waals surface area contributed by atoms with Gasteiger partial charge in [-0.3, -0.25) is 24.3 Å². The Balaban J connectivity index is 2.15. The molecule has 0 bridgehead atoms. The highest BCUT2D eigenvalue weighted by Crippen LogP contribution is 2.13. The number of nitro groups is 1. The molecule has 0 aliphatic carbocycles. The molecule has 0 spiro atoms. The van der Waals surface area contributed by atoms with E-state index in [2.05, 4.69) is 10.4 Å². The van der Waals surface area contributed by atoms with Gasteiger partial charge in [0.2, 0.25) is 5.91 Å². The highest BCUT2D eigenvalue weighted by molar-refractivity contribution is 5.89. The molecule has 9 heteroatoms. The van der Waals surface area contributed by atoms with Gasteiger partial charge < -0.3 is 5.32 Å². The number of amides is 1. The number of carbonyl (C=O) groups is 1. The second-order valence-electron chi connectivity index (χ2n) is 4.91. The van der Waals surface area contributed by atoms with Crippen LogP contribution in [0.15, 0.2) is 35.4 Å². The van der Waals surface area contributed by atoms with E-state index < -0.39 is 16.4 Å². The summed E-state index contributed by atoms with van der Waals surface area (Å²) in [6.45, 7) is 3.51. The fourth-order valence-corrected chi connectivity index (χ4v) is 1.91. The molecule has 2 aromatic heterocycles. The van der Waals surface area contributed by atoms with Crippen molar-refractivity contribution >= 4 is 17.4 Å². The molecule has 0 saturated heterocycles. The van der Waals surface area contributed by atoms with Crippen LogP contribution in [0.3, 0.4) is 0 Å². The fraction of sp³-hybridized carbons (Fsp3) is 0.308. The molecule has 0 atom stereocenters. The quantitative estimate of drug-likeness (QED) is 0.658. The summed E-state index contributed by atoms with van der Waals surface area (Å²) in [6, 6.07) is 3.86. The Kier molecular flexibility index (Phi) is 4.35. The normalized spacial score (nSPS) is 10.7. The molecular weight excluding hydrogens is 290 g/mol. The van der Waals surface area contributed by atoms with Gasteiger partial charge in [-0.2, -0.15) is 5.10 Å². The number of nitrogens with one attached hydrogen (secondary N) is 1. The third kappa shape index (κ3) is 3.37. The van der Waals surface area contributed by atoms with Crippen molar-refractivity contribution in [1.82, 2.24) is 14.3 Å². The highest BCUT2D eigenvalue weighted by atomic mass is 16.6. The van der Waals surface area contributed by atoms with Gasteiger partial charge in [0.05, 0.1) is 17.3 Å². The minimum absolute atomic E-state index is 0.0610. The van der Waals surface area contributed by atoms with Crippen LogP contribution < -0.4 is 10.9 Å². The third-order valence-corrected chi connectivity index (χ3v) is 2.92. The molecule has 0 fully saturated rings. The van der Waals surface area contributed by atoms with Crippen LogP contribution >= 0.6 is 0 Å². The zero-order chi connectivity index (χ0) is 16.3. The fourth-order valence-electron chi connectivity index (χ4n) is 1.91. The summed E-state index contributed by atoms with van der Waals surface area (Å²) in [5.74, 6) is 0.0310. The van der Waals surface area contributed by atoms with Crippen molar-refractivity contribution in [3.63, 3.8) is 0 Å². The summed E-state index contributed by atoms with van der Waals surface area (Å²) in [7, 11) is 0. The lowest BCUT2D eigenvalue weighted by Gasteiger charge is -2.12. The van der Waals surface area contributed by atoms with E-state index in [1.807, 2.05) is 13.8 Å². The Morgan fingerprint density at radius 2 is 2.14 bits per heavy atom. The Labute approximate surface area is 125 Å². The first-order chi connectivity index (χ1) is 10.4. The lowest BCUT2D eigenvalue weighted by Crippen LogP contribution is -2.27. The molecule has 2 rings (SSSR count). The molecule has 0 aliphatic rings. The number of rotatable bonds is 5. The van der Waals surface area contributed by atoms with Gasteiger partial charge in [0.1, 0.15) is 12.4 Å². The summed E-state index contributed by atoms with van der Waals surface area (Å²) in [6.07, 6.45) is 2.59. The van der Waals surface area contributed by atoms with E-state index in [9.17, 15) is 19.7 Å². The maximum Gasteiger partial charge on any atom is 0.285 e. The van der Waals surface area contributed by atoms with Crippen LogP contribution in [0.2, 0.25) is 0 Å². The third-order valence-electron chi connectivity index (χ3n) is 2.92. The van der Waals surface area contributed by atoms with E-state index in [1.54, 1.807) is 16.9 Å². The molecule has 2 aromatic rings. The minimum atomic E-state index is -0.623. The molecule has 1 N–H and O–H groups in total. The van der Waals surface area contributed by atoms with E-state index in [0.29, 0.717) is 5.82 Å². The average molecular weight is 305 g/mol. The molecule has 9 nitrogen and oxygen atoms in total. The molecule has 0 aromatic carbocycles. The van der Waals surface area contributed by atoms with Crippen LogP contribution in [0.4, 0.5) is 11.5 Å². The van der Waals surface area contributed by atoms with E-state index in [4.69, 9.17) is 0 Å². The summed E-state index contributed by atoms with van der Waals surface area (Å²) < 4.78 is 2.61. The molecule has 0 unspecified atom stereocenters. The largest absolute Gasteiger partial charge is 0.309 e. The number of nitrogens with zero attached hydrogens (tertiary/aromatic N) is 4. The Bertz CT molecular complexity index is 762. The van der Waals surface area contributed by atoms with Crippen LogP contribution in [-0.2, 0) is 11.3 Å². The van der Waals surface area contributed by atoms with E-state index in [0.717, 1.165) is 22.9 Å². The summed E-state index contributed by atoms with van der Waals surface area (Å²) in [5, 5.41) is 17.4. The minimum Gasteiger partial charge on any atom is -0.309 e. The van der Waals surface area contributed by atoms with Gasteiger partial charge >= 0.3 is 0 Å². The van der Waals surface area contributed by atoms with Crippen molar-refractivity contribution < 1.29 is 9.72 Å². The number of carbonyl (C=O) groups excluding carboxylic acids is 1. The Morgan fingerprint density at radius 3 is 2.77 bits per heavy atom. The van der Waals surface area contributed by atoms with Crippen LogP contribution in [0.25, 0.3) is 0 Å². The smallest absolute Gasteiger partial charge is 0.285 e. The number of hydrogen-bond donors (Lipinski definition) is 1. The van der Waals surface area contributed by atoms with Crippen molar-refractivity contribution in [2.24, 2.45) is 0 Å². The maximum absolute atomic E-state index is 12.0. The summed E-state index contributed by atoms with van der Waals surface area (Å²) >= 11 is 0. The van der Waals surface area contributed by atoms with E-state index >= 15 is 0 Å². The lowest BCUT2D eigenvalue weighted by molar-refractivity contribution is -0.385. The SMILES string of the molecule is CC(C)n1nccc1NC(=O)Cn1cc([N+](=O)[O-])ccc1=O. The number of anilines is 1. The van der Waals surface area contributed by atoms with Crippen molar-refractivity contribution in [3.8, 4) is 0 Å². The van der Waals surface area contributed by atoms with Crippen molar-refractivity contribution in [2.75, 3.05) is 5.32 Å². The van der Waals surface area contributed by atoms with Crippen molar-refractivity contribution in [3.05, 3.63) is 51.1 Å². The van der Waals surface area contributed by atoms with Crippen molar-refractivity contribution in [1.29, 1.82) is 0 Å². The Hall–Kier alpha value is -2.97. The van der Waals surface area contributed by atoms with Gasteiger partial charge in [0.15, 0.2) is 0 Å². The predicted molar refractivity (Wildman–Crippen MR) is 78.6 cm³/mol. The van der Waals surface area contributed by atoms with Gasteiger partial charge in [-0.15, -0.1) is 0 Å².